The highest BCUT2D eigenvalue weighted by atomic mass is 32.2. The molecule has 5 heteroatoms. The normalized spacial score (nSPS) is 10.3. The summed E-state index contributed by atoms with van der Waals surface area (Å²) in [6, 6.07) is 10.0. The van der Waals surface area contributed by atoms with Gasteiger partial charge in [-0.25, -0.2) is 9.97 Å². The van der Waals surface area contributed by atoms with Gasteiger partial charge in [-0.3, -0.25) is 0 Å². The number of aromatic hydroxyl groups is 1. The van der Waals surface area contributed by atoms with Gasteiger partial charge in [-0.2, -0.15) is 0 Å². The van der Waals surface area contributed by atoms with Crippen molar-refractivity contribution in [2.75, 3.05) is 6.61 Å². The van der Waals surface area contributed by atoms with Crippen LogP contribution in [0.2, 0.25) is 0 Å². The molecule has 2 rings (SSSR count). The highest BCUT2D eigenvalue weighted by Crippen LogP contribution is 2.35. The van der Waals surface area contributed by atoms with E-state index in [1.54, 1.807) is 0 Å². The lowest BCUT2D eigenvalue weighted by Gasteiger charge is -2.09. The largest absolute Gasteiger partial charge is 0.492 e. The molecule has 0 aliphatic rings. The smallest absolute Gasteiger partial charge is 0.234 e. The molecule has 0 fully saturated rings. The van der Waals surface area contributed by atoms with Crippen LogP contribution in [0.3, 0.4) is 0 Å². The van der Waals surface area contributed by atoms with Crippen molar-refractivity contribution in [2.24, 2.45) is 0 Å². The summed E-state index contributed by atoms with van der Waals surface area (Å²) in [6.07, 6.45) is 1.30. The molecule has 0 atom stereocenters. The van der Waals surface area contributed by atoms with E-state index in [-0.39, 0.29) is 5.88 Å². The first-order valence-electron chi connectivity index (χ1n) is 5.64. The van der Waals surface area contributed by atoms with E-state index in [9.17, 15) is 5.11 Å². The lowest BCUT2D eigenvalue weighted by molar-refractivity contribution is 0.310. The van der Waals surface area contributed by atoms with Gasteiger partial charge in [0, 0.05) is 5.75 Å². The summed E-state index contributed by atoms with van der Waals surface area (Å²) in [6.45, 7) is 2.39. The number of hydrogen-bond donors (Lipinski definition) is 1. The summed E-state index contributed by atoms with van der Waals surface area (Å²) in [7, 11) is 0. The van der Waals surface area contributed by atoms with Crippen LogP contribution in [0.1, 0.15) is 12.5 Å². The molecule has 94 valence electrons. The van der Waals surface area contributed by atoms with E-state index in [4.69, 9.17) is 4.74 Å². The van der Waals surface area contributed by atoms with Gasteiger partial charge in [-0.15, -0.1) is 11.8 Å². The number of aromatic nitrogens is 2. The second kappa shape index (κ2) is 6.26. The summed E-state index contributed by atoms with van der Waals surface area (Å²) in [5, 5.41) is 9.74. The Kier molecular flexibility index (Phi) is 4.41. The maximum absolute atomic E-state index is 9.74. The van der Waals surface area contributed by atoms with Crippen LogP contribution in [-0.2, 0) is 5.75 Å². The van der Waals surface area contributed by atoms with Crippen molar-refractivity contribution in [3.63, 3.8) is 0 Å². The van der Waals surface area contributed by atoms with E-state index < -0.39 is 0 Å². The van der Waals surface area contributed by atoms with Crippen molar-refractivity contribution in [1.82, 2.24) is 9.97 Å². The van der Waals surface area contributed by atoms with E-state index in [2.05, 4.69) is 9.97 Å². The van der Waals surface area contributed by atoms with E-state index in [1.807, 2.05) is 37.3 Å². The van der Waals surface area contributed by atoms with E-state index in [0.717, 1.165) is 5.75 Å². The first kappa shape index (κ1) is 12.7. The van der Waals surface area contributed by atoms with Gasteiger partial charge < -0.3 is 9.84 Å². The summed E-state index contributed by atoms with van der Waals surface area (Å²) in [4.78, 5) is 8.39. The number of hydrogen-bond acceptors (Lipinski definition) is 5. The van der Waals surface area contributed by atoms with Gasteiger partial charge in [0.05, 0.1) is 6.61 Å². The molecule has 1 aromatic heterocycles. The number of thioether (sulfide) groups is 1. The Morgan fingerprint density at radius 2 is 2.00 bits per heavy atom. The molecule has 4 nitrogen and oxygen atoms in total. The molecular formula is C13H14N2O2S. The van der Waals surface area contributed by atoms with Crippen LogP contribution in [0.4, 0.5) is 0 Å². The molecule has 0 saturated carbocycles. The van der Waals surface area contributed by atoms with E-state index in [1.165, 1.54) is 23.7 Å². The lowest BCUT2D eigenvalue weighted by Crippen LogP contribution is -1.97. The van der Waals surface area contributed by atoms with E-state index in [0.29, 0.717) is 17.4 Å². The van der Waals surface area contributed by atoms with Crippen LogP contribution in [0.25, 0.3) is 0 Å². The molecule has 1 aromatic carbocycles. The van der Waals surface area contributed by atoms with Gasteiger partial charge in [0.25, 0.3) is 0 Å². The van der Waals surface area contributed by atoms with Crippen molar-refractivity contribution in [3.05, 3.63) is 42.2 Å². The molecule has 0 aliphatic heterocycles. The van der Waals surface area contributed by atoms with Crippen LogP contribution < -0.4 is 4.74 Å². The minimum absolute atomic E-state index is 0.0330. The predicted octanol–water partition coefficient (Wildman–Crippen LogP) is 2.87. The third kappa shape index (κ3) is 3.13. The standard InChI is InChI=1S/C13H14N2O2S/c1-2-17-13-11(12(16)14-9-15-13)18-8-10-6-4-3-5-7-10/h3-7,9H,2,8H2,1H3,(H,14,15,16). The number of rotatable bonds is 5. The molecule has 2 aromatic rings. The fourth-order valence-electron chi connectivity index (χ4n) is 1.44. The van der Waals surface area contributed by atoms with Crippen LogP contribution in [-0.4, -0.2) is 21.7 Å². The predicted molar refractivity (Wildman–Crippen MR) is 70.9 cm³/mol. The quantitative estimate of drug-likeness (QED) is 0.840. The zero-order chi connectivity index (χ0) is 12.8. The number of ether oxygens (including phenoxy) is 1. The third-order valence-corrected chi connectivity index (χ3v) is 3.38. The molecule has 0 spiro atoms. The number of nitrogens with zero attached hydrogens (tertiary/aromatic N) is 2. The Hall–Kier alpha value is -1.75. The average Bonchev–Trinajstić information content (AvgIpc) is 2.40. The monoisotopic (exact) mass is 262 g/mol. The molecule has 0 radical (unpaired) electrons. The Morgan fingerprint density at radius 3 is 2.72 bits per heavy atom. The minimum atomic E-state index is -0.0330. The van der Waals surface area contributed by atoms with Gasteiger partial charge in [-0.05, 0) is 12.5 Å². The van der Waals surface area contributed by atoms with Crippen LogP contribution in [0.15, 0.2) is 41.6 Å². The molecule has 18 heavy (non-hydrogen) atoms. The van der Waals surface area contributed by atoms with Gasteiger partial charge >= 0.3 is 0 Å². The van der Waals surface area contributed by atoms with Crippen molar-refractivity contribution in [2.45, 2.75) is 17.6 Å². The highest BCUT2D eigenvalue weighted by Gasteiger charge is 2.12. The SMILES string of the molecule is CCOc1ncnc(O)c1SCc1ccccc1. The molecule has 0 saturated heterocycles. The first-order chi connectivity index (χ1) is 8.81. The van der Waals surface area contributed by atoms with Crippen LogP contribution >= 0.6 is 11.8 Å². The van der Waals surface area contributed by atoms with Gasteiger partial charge in [0.2, 0.25) is 11.8 Å². The maximum atomic E-state index is 9.74. The molecular weight excluding hydrogens is 248 g/mol. The highest BCUT2D eigenvalue weighted by molar-refractivity contribution is 7.98. The zero-order valence-electron chi connectivity index (χ0n) is 10.0. The Balaban J connectivity index is 2.13. The van der Waals surface area contributed by atoms with Crippen molar-refractivity contribution < 1.29 is 9.84 Å². The van der Waals surface area contributed by atoms with E-state index >= 15 is 0 Å². The summed E-state index contributed by atoms with van der Waals surface area (Å²) in [5.41, 5.74) is 1.17. The lowest BCUT2D eigenvalue weighted by atomic mass is 10.2. The molecule has 0 unspecified atom stereocenters. The van der Waals surface area contributed by atoms with Crippen LogP contribution in [0.5, 0.6) is 11.8 Å². The van der Waals surface area contributed by atoms with Gasteiger partial charge in [-0.1, -0.05) is 30.3 Å². The fourth-order valence-corrected chi connectivity index (χ4v) is 2.36. The second-order valence-electron chi connectivity index (χ2n) is 3.54. The topological polar surface area (TPSA) is 55.2 Å². The Labute approximate surface area is 110 Å². The van der Waals surface area contributed by atoms with Gasteiger partial charge in [0.15, 0.2) is 0 Å². The zero-order valence-corrected chi connectivity index (χ0v) is 10.9. The summed E-state index contributed by atoms with van der Waals surface area (Å²) in [5.74, 6) is 1.14. The summed E-state index contributed by atoms with van der Waals surface area (Å²) >= 11 is 1.47. The van der Waals surface area contributed by atoms with Gasteiger partial charge in [0.1, 0.15) is 11.2 Å². The van der Waals surface area contributed by atoms with Crippen LogP contribution in [0, 0.1) is 0 Å². The average molecular weight is 262 g/mol. The molecule has 0 bridgehead atoms. The number of benzene rings is 1. The minimum Gasteiger partial charge on any atom is -0.492 e. The van der Waals surface area contributed by atoms with Crippen molar-refractivity contribution in [1.29, 1.82) is 0 Å². The first-order valence-corrected chi connectivity index (χ1v) is 6.63. The maximum Gasteiger partial charge on any atom is 0.234 e. The molecule has 1 heterocycles. The molecule has 1 N–H and O–H groups in total. The molecule has 0 amide bonds. The van der Waals surface area contributed by atoms with Crippen molar-refractivity contribution in [3.8, 4) is 11.8 Å². The molecule has 0 aliphatic carbocycles. The Morgan fingerprint density at radius 1 is 1.22 bits per heavy atom. The second-order valence-corrected chi connectivity index (χ2v) is 4.52. The van der Waals surface area contributed by atoms with Crippen molar-refractivity contribution >= 4 is 11.8 Å². The fraction of sp³-hybridized carbons (Fsp3) is 0.231. The third-order valence-electron chi connectivity index (χ3n) is 2.26. The Bertz CT molecular complexity index is 506. The summed E-state index contributed by atoms with van der Waals surface area (Å²) < 4.78 is 5.37.